The second kappa shape index (κ2) is 11.2. The third-order valence-electron chi connectivity index (χ3n) is 6.58. The number of nitrogens with zero attached hydrogens (tertiary/aromatic N) is 3. The molecule has 0 spiro atoms. The predicted octanol–water partition coefficient (Wildman–Crippen LogP) is 4.42. The van der Waals surface area contributed by atoms with E-state index in [2.05, 4.69) is 66.0 Å². The minimum absolute atomic E-state index is 0.143. The highest BCUT2D eigenvalue weighted by Gasteiger charge is 2.30. The molecule has 1 aromatic heterocycles. The summed E-state index contributed by atoms with van der Waals surface area (Å²) in [5.41, 5.74) is 5.67. The first-order valence-corrected chi connectivity index (χ1v) is 12.3. The Balaban J connectivity index is 0.000000455. The number of piperidine rings is 1. The van der Waals surface area contributed by atoms with Crippen molar-refractivity contribution in [1.82, 2.24) is 14.5 Å². The number of halogens is 1. The molecule has 3 aromatic rings. The van der Waals surface area contributed by atoms with E-state index in [-0.39, 0.29) is 12.2 Å². The van der Waals surface area contributed by atoms with Crippen LogP contribution in [0.4, 0.5) is 0 Å². The zero-order valence-electron chi connectivity index (χ0n) is 20.4. The molecule has 1 atom stereocenters. The van der Waals surface area contributed by atoms with E-state index in [0.717, 1.165) is 66.6 Å². The van der Waals surface area contributed by atoms with Gasteiger partial charge in [0.15, 0.2) is 0 Å². The van der Waals surface area contributed by atoms with Gasteiger partial charge in [0.2, 0.25) is 0 Å². The van der Waals surface area contributed by atoms with Crippen molar-refractivity contribution in [2.24, 2.45) is 0 Å². The summed E-state index contributed by atoms with van der Waals surface area (Å²) in [5.74, 6) is -2.66. The lowest BCUT2D eigenvalue weighted by molar-refractivity contribution is -0.159. The lowest BCUT2D eigenvalue weighted by Gasteiger charge is -2.32. The largest absolute Gasteiger partial charge is 0.473 e. The SMILES string of the molecule is Cc1ccc(-c2cn3c(n2)C(OC2CCN(C)CC2)c2ccccc2CC3)c(Cl)c1.O=C(O)C(=O)O. The second-order valence-corrected chi connectivity index (χ2v) is 9.65. The van der Waals surface area contributed by atoms with E-state index in [1.807, 2.05) is 6.07 Å². The number of carbonyl (C=O) groups is 2. The molecule has 0 aliphatic carbocycles. The first-order chi connectivity index (χ1) is 17.2. The van der Waals surface area contributed by atoms with Gasteiger partial charge in [0, 0.05) is 31.4 Å². The van der Waals surface area contributed by atoms with Crippen molar-refractivity contribution in [3.05, 3.63) is 76.2 Å². The minimum Gasteiger partial charge on any atom is -0.473 e. The summed E-state index contributed by atoms with van der Waals surface area (Å²) in [6.07, 6.45) is 5.36. The lowest BCUT2D eigenvalue weighted by atomic mass is 10.00. The number of ether oxygens (including phenoxy) is 1. The smallest absolute Gasteiger partial charge is 0.414 e. The highest BCUT2D eigenvalue weighted by atomic mass is 35.5. The normalized spacial score (nSPS) is 17.8. The number of hydrogen-bond acceptors (Lipinski definition) is 5. The van der Waals surface area contributed by atoms with Crippen molar-refractivity contribution in [3.8, 4) is 11.3 Å². The predicted molar refractivity (Wildman–Crippen MR) is 136 cm³/mol. The molecular weight excluding hydrogens is 482 g/mol. The zero-order chi connectivity index (χ0) is 25.8. The van der Waals surface area contributed by atoms with Crippen molar-refractivity contribution in [3.63, 3.8) is 0 Å². The van der Waals surface area contributed by atoms with Crippen LogP contribution < -0.4 is 0 Å². The van der Waals surface area contributed by atoms with Crippen LogP contribution in [0.5, 0.6) is 0 Å². The van der Waals surface area contributed by atoms with Gasteiger partial charge in [-0.15, -0.1) is 0 Å². The summed E-state index contributed by atoms with van der Waals surface area (Å²) in [6.45, 7) is 5.12. The van der Waals surface area contributed by atoms with E-state index in [1.54, 1.807) is 0 Å². The zero-order valence-corrected chi connectivity index (χ0v) is 21.1. The number of carboxylic acid groups (broad SMARTS) is 2. The van der Waals surface area contributed by atoms with E-state index in [9.17, 15) is 0 Å². The number of benzene rings is 2. The van der Waals surface area contributed by atoms with Crippen molar-refractivity contribution < 1.29 is 24.5 Å². The van der Waals surface area contributed by atoms with Gasteiger partial charge in [-0.25, -0.2) is 14.6 Å². The molecule has 1 saturated heterocycles. The van der Waals surface area contributed by atoms with Crippen LogP contribution in [-0.4, -0.2) is 62.8 Å². The molecule has 190 valence electrons. The van der Waals surface area contributed by atoms with Crippen LogP contribution in [0.3, 0.4) is 0 Å². The summed E-state index contributed by atoms with van der Waals surface area (Å²) in [7, 11) is 2.18. The van der Waals surface area contributed by atoms with Crippen molar-refractivity contribution in [2.45, 2.75) is 44.9 Å². The van der Waals surface area contributed by atoms with Gasteiger partial charge in [0.1, 0.15) is 11.9 Å². The molecule has 0 radical (unpaired) electrons. The Kier molecular flexibility index (Phi) is 8.08. The van der Waals surface area contributed by atoms with E-state index >= 15 is 0 Å². The van der Waals surface area contributed by atoms with Crippen LogP contribution in [0.15, 0.2) is 48.7 Å². The first kappa shape index (κ1) is 25.9. The molecule has 9 heteroatoms. The molecule has 2 aromatic carbocycles. The number of fused-ring (bicyclic) bond motifs is 2. The molecule has 2 N–H and O–H groups in total. The average molecular weight is 512 g/mol. The third kappa shape index (κ3) is 5.95. The molecule has 3 heterocycles. The van der Waals surface area contributed by atoms with Crippen LogP contribution in [0.1, 0.15) is 41.5 Å². The number of aryl methyl sites for hydroxylation is 3. The fourth-order valence-electron chi connectivity index (χ4n) is 4.62. The van der Waals surface area contributed by atoms with Crippen molar-refractivity contribution in [1.29, 1.82) is 0 Å². The van der Waals surface area contributed by atoms with Gasteiger partial charge in [0.05, 0.1) is 16.8 Å². The van der Waals surface area contributed by atoms with Gasteiger partial charge in [-0.05, 0) is 56.0 Å². The average Bonchev–Trinajstić information content (AvgIpc) is 3.20. The highest BCUT2D eigenvalue weighted by molar-refractivity contribution is 6.33. The quantitative estimate of drug-likeness (QED) is 0.501. The van der Waals surface area contributed by atoms with Crippen molar-refractivity contribution >= 4 is 23.5 Å². The number of aromatic nitrogens is 2. The maximum absolute atomic E-state index is 9.10. The molecule has 8 nitrogen and oxygen atoms in total. The summed E-state index contributed by atoms with van der Waals surface area (Å²) in [5, 5.41) is 15.5. The van der Waals surface area contributed by atoms with E-state index in [0.29, 0.717) is 0 Å². The summed E-state index contributed by atoms with van der Waals surface area (Å²) in [4.78, 5) is 25.6. The maximum atomic E-state index is 9.10. The van der Waals surface area contributed by atoms with Crippen LogP contribution in [0.2, 0.25) is 5.02 Å². The molecule has 2 aliphatic rings. The number of aliphatic carboxylic acids is 2. The molecule has 1 fully saturated rings. The van der Waals surface area contributed by atoms with Gasteiger partial charge >= 0.3 is 11.9 Å². The third-order valence-corrected chi connectivity index (χ3v) is 6.89. The summed E-state index contributed by atoms with van der Waals surface area (Å²) < 4.78 is 9.04. The van der Waals surface area contributed by atoms with E-state index < -0.39 is 11.9 Å². The Hall–Kier alpha value is -3.20. The lowest BCUT2D eigenvalue weighted by Crippen LogP contribution is -2.35. The molecular formula is C27H30ClN3O5. The number of hydrogen-bond donors (Lipinski definition) is 2. The molecule has 0 amide bonds. The molecule has 1 unspecified atom stereocenters. The minimum atomic E-state index is -1.82. The fourth-order valence-corrected chi connectivity index (χ4v) is 4.95. The topological polar surface area (TPSA) is 105 Å². The maximum Gasteiger partial charge on any atom is 0.414 e. The van der Waals surface area contributed by atoms with Crippen LogP contribution in [-0.2, 0) is 27.3 Å². The molecule has 36 heavy (non-hydrogen) atoms. The summed E-state index contributed by atoms with van der Waals surface area (Å²) >= 11 is 6.56. The Labute approximate surface area is 215 Å². The van der Waals surface area contributed by atoms with Crippen molar-refractivity contribution in [2.75, 3.05) is 20.1 Å². The Bertz CT molecular complexity index is 1240. The first-order valence-electron chi connectivity index (χ1n) is 11.9. The van der Waals surface area contributed by atoms with Gasteiger partial charge in [-0.3, -0.25) is 0 Å². The van der Waals surface area contributed by atoms with E-state index in [1.165, 1.54) is 11.1 Å². The highest BCUT2D eigenvalue weighted by Crippen LogP contribution is 2.37. The number of carboxylic acids is 2. The van der Waals surface area contributed by atoms with Gasteiger partial charge in [-0.2, -0.15) is 0 Å². The monoisotopic (exact) mass is 511 g/mol. The van der Waals surface area contributed by atoms with Crippen LogP contribution in [0.25, 0.3) is 11.3 Å². The van der Waals surface area contributed by atoms with Crippen LogP contribution >= 0.6 is 11.6 Å². The van der Waals surface area contributed by atoms with Gasteiger partial charge < -0.3 is 24.4 Å². The number of imidazole rings is 1. The molecule has 0 saturated carbocycles. The van der Waals surface area contributed by atoms with Gasteiger partial charge in [-0.1, -0.05) is 48.0 Å². The fraction of sp³-hybridized carbons (Fsp3) is 0.370. The molecule has 2 aliphatic heterocycles. The van der Waals surface area contributed by atoms with Gasteiger partial charge in [0.25, 0.3) is 0 Å². The standard InChI is InChI=1S/C25H28ClN3O.C2H2O4/c1-17-7-8-21(22(26)15-17)23-16-29-14-9-18-5-3-4-6-20(18)24(25(29)27-23)30-19-10-12-28(2)13-11-19;3-1(4)2(5)6/h3-8,15-16,19,24H,9-14H2,1-2H3;(H,3,4)(H,5,6). The van der Waals surface area contributed by atoms with Crippen LogP contribution in [0, 0.1) is 6.92 Å². The Morgan fingerprint density at radius 3 is 2.42 bits per heavy atom. The van der Waals surface area contributed by atoms with E-state index in [4.69, 9.17) is 41.1 Å². The number of rotatable bonds is 3. The Morgan fingerprint density at radius 2 is 1.75 bits per heavy atom. The molecule has 5 rings (SSSR count). The second-order valence-electron chi connectivity index (χ2n) is 9.24. The number of likely N-dealkylation sites (tertiary alicyclic amines) is 1. The summed E-state index contributed by atoms with van der Waals surface area (Å²) in [6, 6.07) is 14.8. The Morgan fingerprint density at radius 1 is 1.06 bits per heavy atom. The molecule has 0 bridgehead atoms.